The Morgan fingerprint density at radius 3 is 2.50 bits per heavy atom. The molecule has 2 rings (SSSR count). The van der Waals surface area contributed by atoms with Crippen molar-refractivity contribution in [1.29, 1.82) is 0 Å². The lowest BCUT2D eigenvalue weighted by molar-refractivity contribution is -0.137. The third kappa shape index (κ3) is 8.42. The Balaban J connectivity index is 2.43. The topological polar surface area (TPSA) is 115 Å². The molecule has 1 heterocycles. The van der Waals surface area contributed by atoms with Crippen LogP contribution >= 0.6 is 11.6 Å². The quantitative estimate of drug-likeness (QED) is 0.319. The van der Waals surface area contributed by atoms with Gasteiger partial charge in [-0.15, -0.1) is 0 Å². The molecule has 36 heavy (non-hydrogen) atoms. The van der Waals surface area contributed by atoms with Crippen molar-refractivity contribution < 1.29 is 45.7 Å². The fourth-order valence-corrected chi connectivity index (χ4v) is 4.51. The van der Waals surface area contributed by atoms with Gasteiger partial charge >= 0.3 is 12.3 Å². The smallest absolute Gasteiger partial charge is 0.421 e. The van der Waals surface area contributed by atoms with Crippen molar-refractivity contribution in [2.45, 2.75) is 38.9 Å². The molecule has 0 saturated carbocycles. The number of alkyl halides is 3. The van der Waals surface area contributed by atoms with Gasteiger partial charge in [0.1, 0.15) is 23.1 Å². The number of ether oxygens (including phenoxy) is 3. The van der Waals surface area contributed by atoms with Gasteiger partial charge in [-0.25, -0.2) is 18.2 Å². The second kappa shape index (κ2) is 13.0. The van der Waals surface area contributed by atoms with Crippen LogP contribution in [0.1, 0.15) is 37.3 Å². The normalized spacial score (nSPS) is 11.8. The molecule has 0 radical (unpaired) electrons. The summed E-state index contributed by atoms with van der Waals surface area (Å²) >= 11 is 5.94. The number of unbranched alkanes of at least 4 members (excludes halogenated alkanes) is 2. The molecule has 0 bridgehead atoms. The van der Waals surface area contributed by atoms with Crippen molar-refractivity contribution in [3.63, 3.8) is 0 Å². The van der Waals surface area contributed by atoms with Crippen LogP contribution in [0.3, 0.4) is 0 Å². The van der Waals surface area contributed by atoms with Crippen LogP contribution in [0.2, 0.25) is 5.02 Å². The number of carbonyl (C=O) groups is 1. The van der Waals surface area contributed by atoms with Gasteiger partial charge in [0.05, 0.1) is 24.5 Å². The number of carboxylic acid groups (broad SMARTS) is 1. The summed E-state index contributed by atoms with van der Waals surface area (Å²) in [4.78, 5) is 15.4. The first kappa shape index (κ1) is 29.5. The number of pyridine rings is 1. The van der Waals surface area contributed by atoms with E-state index in [2.05, 4.69) is 4.98 Å². The number of amides is 1. The summed E-state index contributed by atoms with van der Waals surface area (Å²) < 4.78 is 80.5. The van der Waals surface area contributed by atoms with E-state index in [0.29, 0.717) is 18.7 Å². The maximum atomic E-state index is 12.9. The lowest BCUT2D eigenvalue weighted by Crippen LogP contribution is -2.37. The van der Waals surface area contributed by atoms with Crippen LogP contribution < -0.4 is 9.47 Å². The zero-order valence-corrected chi connectivity index (χ0v) is 21.1. The molecule has 0 spiro atoms. The second-order valence-electron chi connectivity index (χ2n) is 7.53. The first-order chi connectivity index (χ1) is 16.9. The van der Waals surface area contributed by atoms with Crippen LogP contribution in [0.4, 0.5) is 18.0 Å². The Labute approximate surface area is 211 Å². The number of methoxy groups -OCH3 is 1. The largest absolute Gasteiger partial charge is 0.491 e. The van der Waals surface area contributed by atoms with Gasteiger partial charge in [0.15, 0.2) is 0 Å². The van der Waals surface area contributed by atoms with Crippen LogP contribution in [0.5, 0.6) is 17.4 Å². The van der Waals surface area contributed by atoms with Crippen LogP contribution in [0, 0.1) is 0 Å². The van der Waals surface area contributed by atoms with Crippen LogP contribution in [0.25, 0.3) is 0 Å². The van der Waals surface area contributed by atoms with Gasteiger partial charge in [0.25, 0.3) is 0 Å². The third-order valence-electron chi connectivity index (χ3n) is 4.81. The van der Waals surface area contributed by atoms with Crippen LogP contribution in [-0.4, -0.2) is 55.0 Å². The number of nitrogens with zero attached hydrogens (tertiary/aromatic N) is 2. The van der Waals surface area contributed by atoms with Crippen molar-refractivity contribution in [3.8, 4) is 17.4 Å². The lowest BCUT2D eigenvalue weighted by atomic mass is 10.2. The van der Waals surface area contributed by atoms with E-state index in [1.807, 2.05) is 6.92 Å². The number of sulfonamides is 1. The van der Waals surface area contributed by atoms with E-state index in [9.17, 15) is 31.5 Å². The highest BCUT2D eigenvalue weighted by atomic mass is 35.5. The Morgan fingerprint density at radius 1 is 1.19 bits per heavy atom. The van der Waals surface area contributed by atoms with Gasteiger partial charge in [-0.2, -0.15) is 17.5 Å². The molecule has 0 saturated heterocycles. The zero-order chi connectivity index (χ0) is 26.9. The van der Waals surface area contributed by atoms with Crippen molar-refractivity contribution in [2.24, 2.45) is 0 Å². The summed E-state index contributed by atoms with van der Waals surface area (Å²) in [5.41, 5.74) is -1.000. The maximum Gasteiger partial charge on any atom is 0.421 e. The SMILES string of the molecule is CCCCCS(=O)(=O)N(Cc1ccc(OCCOC)cc1Oc1ncc(C(F)(F)F)cc1Cl)C(=O)O. The average Bonchev–Trinajstić information content (AvgIpc) is 2.79. The van der Waals surface area contributed by atoms with Crippen LogP contribution in [0.15, 0.2) is 30.5 Å². The monoisotopic (exact) mass is 554 g/mol. The first-order valence-corrected chi connectivity index (χ1v) is 12.8. The standard InChI is InChI=1S/C22H26ClF3N2O7S/c1-3-4-5-10-36(31,32)28(21(29)30)14-15-6-7-17(34-9-8-33-2)12-19(15)35-20-18(23)11-16(13-27-20)22(24,25)26/h6-7,11-13H,3-5,8-10,14H2,1-2H3,(H,29,30). The second-order valence-corrected chi connectivity index (χ2v) is 9.95. The van der Waals surface area contributed by atoms with Crippen LogP contribution in [-0.2, 0) is 27.5 Å². The number of benzene rings is 1. The van der Waals surface area contributed by atoms with Crippen molar-refractivity contribution in [2.75, 3.05) is 26.1 Å². The number of halogens is 4. The van der Waals surface area contributed by atoms with E-state index < -0.39 is 45.3 Å². The summed E-state index contributed by atoms with van der Waals surface area (Å²) in [5.74, 6) is -0.614. The molecule has 0 atom stereocenters. The minimum absolute atomic E-state index is 0.0910. The van der Waals surface area contributed by atoms with Crippen molar-refractivity contribution in [1.82, 2.24) is 9.29 Å². The van der Waals surface area contributed by atoms with Gasteiger partial charge in [-0.1, -0.05) is 31.4 Å². The molecule has 0 unspecified atom stereocenters. The highest BCUT2D eigenvalue weighted by molar-refractivity contribution is 7.89. The molecule has 2 aromatic rings. The molecule has 0 aliphatic rings. The highest BCUT2D eigenvalue weighted by Crippen LogP contribution is 2.37. The van der Waals surface area contributed by atoms with Gasteiger partial charge in [-0.3, -0.25) is 0 Å². The molecule has 200 valence electrons. The Bertz CT molecular complexity index is 1150. The van der Waals surface area contributed by atoms with E-state index in [0.717, 1.165) is 6.42 Å². The van der Waals surface area contributed by atoms with E-state index >= 15 is 0 Å². The van der Waals surface area contributed by atoms with Gasteiger partial charge < -0.3 is 19.3 Å². The third-order valence-corrected chi connectivity index (χ3v) is 6.84. The lowest BCUT2D eigenvalue weighted by Gasteiger charge is -2.21. The Kier molecular flexibility index (Phi) is 10.6. The molecule has 0 aliphatic carbocycles. The van der Waals surface area contributed by atoms with Crippen molar-refractivity contribution >= 4 is 27.7 Å². The van der Waals surface area contributed by atoms with Gasteiger partial charge in [0, 0.05) is 24.9 Å². The minimum atomic E-state index is -4.68. The van der Waals surface area contributed by atoms with Gasteiger partial charge in [-0.05, 0) is 24.6 Å². The number of hydrogen-bond acceptors (Lipinski definition) is 7. The maximum absolute atomic E-state index is 12.9. The fraction of sp³-hybridized carbons (Fsp3) is 0.455. The minimum Gasteiger partial charge on any atom is -0.491 e. The predicted molar refractivity (Wildman–Crippen MR) is 125 cm³/mol. The van der Waals surface area contributed by atoms with E-state index in [-0.39, 0.29) is 46.8 Å². The number of hydrogen-bond donors (Lipinski definition) is 1. The molecule has 1 amide bonds. The van der Waals surface area contributed by atoms with Gasteiger partial charge in [0.2, 0.25) is 15.9 Å². The molecule has 0 aliphatic heterocycles. The predicted octanol–water partition coefficient (Wildman–Crippen LogP) is 5.57. The highest BCUT2D eigenvalue weighted by Gasteiger charge is 2.32. The fourth-order valence-electron chi connectivity index (χ4n) is 2.94. The molecule has 9 nitrogen and oxygen atoms in total. The molecular formula is C22H26ClF3N2O7S. The molecule has 1 aromatic carbocycles. The van der Waals surface area contributed by atoms with E-state index in [4.69, 9.17) is 25.8 Å². The summed E-state index contributed by atoms with van der Waals surface area (Å²) in [6, 6.07) is 4.80. The zero-order valence-electron chi connectivity index (χ0n) is 19.5. The summed E-state index contributed by atoms with van der Waals surface area (Å²) in [5, 5.41) is 9.13. The molecule has 0 fully saturated rings. The molecule has 1 N–H and O–H groups in total. The molecule has 1 aromatic heterocycles. The van der Waals surface area contributed by atoms with E-state index in [1.165, 1.54) is 25.3 Å². The number of rotatable bonds is 13. The summed E-state index contributed by atoms with van der Waals surface area (Å²) in [7, 11) is -2.70. The molecule has 14 heteroatoms. The average molecular weight is 555 g/mol. The Hall–Kier alpha value is -2.77. The van der Waals surface area contributed by atoms with Crippen molar-refractivity contribution in [3.05, 3.63) is 46.6 Å². The Morgan fingerprint density at radius 2 is 1.92 bits per heavy atom. The first-order valence-electron chi connectivity index (χ1n) is 10.8. The van der Waals surface area contributed by atoms with E-state index in [1.54, 1.807) is 0 Å². The summed E-state index contributed by atoms with van der Waals surface area (Å²) in [6.07, 6.45) is -4.21. The molecular weight excluding hydrogens is 529 g/mol. The summed E-state index contributed by atoms with van der Waals surface area (Å²) in [6.45, 7) is 1.67. The number of aromatic nitrogens is 1.